The van der Waals surface area contributed by atoms with Crippen LogP contribution >= 0.6 is 0 Å². The Hall–Kier alpha value is -1.72. The Morgan fingerprint density at radius 3 is 2.67 bits per heavy atom. The number of carboxylic acids is 1. The largest absolute Gasteiger partial charge is 0.481 e. The van der Waals surface area contributed by atoms with Gasteiger partial charge in [-0.3, -0.25) is 4.79 Å². The van der Waals surface area contributed by atoms with Gasteiger partial charge < -0.3 is 9.84 Å². The zero-order chi connectivity index (χ0) is 13.5. The maximum absolute atomic E-state index is 12.8. The first-order valence-electron chi connectivity index (χ1n) is 5.35. The fourth-order valence-electron chi connectivity index (χ4n) is 2.01. The first-order valence-corrected chi connectivity index (χ1v) is 5.35. The van der Waals surface area contributed by atoms with Crippen molar-refractivity contribution in [1.82, 2.24) is 0 Å². The molecule has 0 amide bonds. The maximum Gasteiger partial charge on any atom is 0.426 e. The molecule has 18 heavy (non-hydrogen) atoms. The Balaban J connectivity index is 2.41. The van der Waals surface area contributed by atoms with Crippen molar-refractivity contribution in [2.45, 2.75) is 25.6 Å². The summed E-state index contributed by atoms with van der Waals surface area (Å²) < 4.78 is 43.1. The molecule has 0 aromatic heterocycles. The minimum atomic E-state index is -4.69. The van der Waals surface area contributed by atoms with Gasteiger partial charge in [-0.15, -0.1) is 0 Å². The molecule has 0 bridgehead atoms. The van der Waals surface area contributed by atoms with Crippen molar-refractivity contribution in [2.75, 3.05) is 0 Å². The second kappa shape index (κ2) is 4.19. The van der Waals surface area contributed by atoms with Crippen LogP contribution in [0.3, 0.4) is 0 Å². The molecule has 1 aliphatic rings. The first-order chi connectivity index (χ1) is 8.29. The van der Waals surface area contributed by atoms with Crippen molar-refractivity contribution >= 4 is 5.97 Å². The van der Waals surface area contributed by atoms with Crippen LogP contribution in [0.15, 0.2) is 18.2 Å². The van der Waals surface area contributed by atoms with Gasteiger partial charge in [0, 0.05) is 0 Å². The average Bonchev–Trinajstić information content (AvgIpc) is 2.25. The van der Waals surface area contributed by atoms with Crippen LogP contribution in [0.2, 0.25) is 0 Å². The monoisotopic (exact) mass is 260 g/mol. The number of rotatable bonds is 1. The van der Waals surface area contributed by atoms with Crippen LogP contribution in [0.1, 0.15) is 11.1 Å². The van der Waals surface area contributed by atoms with Gasteiger partial charge in [0.2, 0.25) is 6.10 Å². The number of aliphatic carboxylic acids is 1. The highest BCUT2D eigenvalue weighted by Gasteiger charge is 2.52. The van der Waals surface area contributed by atoms with E-state index in [1.807, 2.05) is 0 Å². The van der Waals surface area contributed by atoms with E-state index in [2.05, 4.69) is 0 Å². The molecule has 1 N–H and O–H groups in total. The molecule has 1 heterocycles. The van der Waals surface area contributed by atoms with E-state index < -0.39 is 24.2 Å². The molecule has 0 unspecified atom stereocenters. The fourth-order valence-corrected chi connectivity index (χ4v) is 2.01. The highest BCUT2D eigenvalue weighted by atomic mass is 19.4. The summed E-state index contributed by atoms with van der Waals surface area (Å²) in [5.41, 5.74) is 1.26. The lowest BCUT2D eigenvalue weighted by Crippen LogP contribution is -2.47. The van der Waals surface area contributed by atoms with E-state index in [-0.39, 0.29) is 12.2 Å². The quantitative estimate of drug-likeness (QED) is 0.844. The molecule has 6 heteroatoms. The number of carbonyl (C=O) groups is 1. The van der Waals surface area contributed by atoms with Gasteiger partial charge in [0.05, 0.1) is 0 Å². The number of alkyl halides is 3. The van der Waals surface area contributed by atoms with Gasteiger partial charge in [-0.1, -0.05) is 12.1 Å². The van der Waals surface area contributed by atoms with Crippen LogP contribution in [0.25, 0.3) is 0 Å². The smallest absolute Gasteiger partial charge is 0.426 e. The number of halogens is 3. The lowest BCUT2D eigenvalue weighted by atomic mass is 9.90. The third kappa shape index (κ3) is 2.27. The maximum atomic E-state index is 12.8. The van der Waals surface area contributed by atoms with E-state index >= 15 is 0 Å². The molecule has 0 spiro atoms. The number of fused-ring (bicyclic) bond motifs is 1. The van der Waals surface area contributed by atoms with Gasteiger partial charge in [-0.25, -0.2) is 0 Å². The summed E-state index contributed by atoms with van der Waals surface area (Å²) in [5, 5.41) is 8.87. The van der Waals surface area contributed by atoms with Crippen molar-refractivity contribution in [3.8, 4) is 5.75 Å². The van der Waals surface area contributed by atoms with E-state index in [9.17, 15) is 18.0 Å². The van der Waals surface area contributed by atoms with Crippen LogP contribution in [-0.4, -0.2) is 23.4 Å². The standard InChI is InChI=1S/C12H11F3O3/c1-6-2-3-7-5-8(11(16)17)10(12(13,14)15)18-9(7)4-6/h2-4,8,10H,5H2,1H3,(H,16,17)/t8-,10+/m1/s1. The van der Waals surface area contributed by atoms with Gasteiger partial charge >= 0.3 is 12.1 Å². The summed E-state index contributed by atoms with van der Waals surface area (Å²) in [7, 11) is 0. The van der Waals surface area contributed by atoms with Crippen LogP contribution in [0.4, 0.5) is 13.2 Å². The number of ether oxygens (including phenoxy) is 1. The Labute approximate surface area is 101 Å². The lowest BCUT2D eigenvalue weighted by molar-refractivity contribution is -0.217. The van der Waals surface area contributed by atoms with Gasteiger partial charge in [-0.2, -0.15) is 13.2 Å². The molecule has 0 fully saturated rings. The third-order valence-corrected chi connectivity index (χ3v) is 2.92. The van der Waals surface area contributed by atoms with Gasteiger partial charge in [0.25, 0.3) is 0 Å². The van der Waals surface area contributed by atoms with E-state index in [1.165, 1.54) is 6.07 Å². The summed E-state index contributed by atoms with van der Waals surface area (Å²) in [6.07, 6.45) is -7.15. The van der Waals surface area contributed by atoms with E-state index in [1.54, 1.807) is 19.1 Å². The van der Waals surface area contributed by atoms with Crippen LogP contribution in [-0.2, 0) is 11.2 Å². The number of benzene rings is 1. The zero-order valence-electron chi connectivity index (χ0n) is 9.49. The molecule has 0 saturated carbocycles. The zero-order valence-corrected chi connectivity index (χ0v) is 9.49. The van der Waals surface area contributed by atoms with Gasteiger partial charge in [0.15, 0.2) is 0 Å². The fraction of sp³-hybridized carbons (Fsp3) is 0.417. The minimum absolute atomic E-state index is 0.120. The lowest BCUT2D eigenvalue weighted by Gasteiger charge is -2.32. The Kier molecular flexibility index (Phi) is 2.96. The van der Waals surface area contributed by atoms with E-state index in [0.29, 0.717) is 5.56 Å². The second-order valence-electron chi connectivity index (χ2n) is 4.34. The molecular formula is C12H11F3O3. The molecule has 2 atom stereocenters. The average molecular weight is 260 g/mol. The van der Waals surface area contributed by atoms with Crippen molar-refractivity contribution in [3.05, 3.63) is 29.3 Å². The first kappa shape index (κ1) is 12.7. The van der Waals surface area contributed by atoms with Gasteiger partial charge in [-0.05, 0) is 30.5 Å². The van der Waals surface area contributed by atoms with E-state index in [0.717, 1.165) is 5.56 Å². The predicted molar refractivity (Wildman–Crippen MR) is 56.5 cm³/mol. The number of carboxylic acid groups (broad SMARTS) is 1. The summed E-state index contributed by atoms with van der Waals surface area (Å²) in [6, 6.07) is 4.81. The Bertz CT molecular complexity index is 482. The molecule has 1 aromatic rings. The highest BCUT2D eigenvalue weighted by Crippen LogP contribution is 2.38. The van der Waals surface area contributed by atoms with Crippen molar-refractivity contribution in [1.29, 1.82) is 0 Å². The summed E-state index contributed by atoms with van der Waals surface area (Å²) >= 11 is 0. The second-order valence-corrected chi connectivity index (χ2v) is 4.34. The molecule has 1 aromatic carbocycles. The Morgan fingerprint density at radius 2 is 2.11 bits per heavy atom. The third-order valence-electron chi connectivity index (χ3n) is 2.92. The highest BCUT2D eigenvalue weighted by molar-refractivity contribution is 5.72. The minimum Gasteiger partial charge on any atom is -0.481 e. The SMILES string of the molecule is Cc1ccc2c(c1)O[C@H](C(F)(F)F)[C@H](C(=O)O)C2. The predicted octanol–water partition coefficient (Wildman–Crippen LogP) is 2.56. The molecule has 0 aliphatic carbocycles. The number of hydrogen-bond donors (Lipinski definition) is 1. The topological polar surface area (TPSA) is 46.5 Å². The number of aryl methyl sites for hydroxylation is 1. The molecule has 2 rings (SSSR count). The van der Waals surface area contributed by atoms with Crippen LogP contribution < -0.4 is 4.74 Å². The molecule has 98 valence electrons. The molecule has 3 nitrogen and oxygen atoms in total. The van der Waals surface area contributed by atoms with Crippen molar-refractivity contribution < 1.29 is 27.8 Å². The van der Waals surface area contributed by atoms with Crippen molar-refractivity contribution in [3.63, 3.8) is 0 Å². The van der Waals surface area contributed by atoms with Crippen LogP contribution in [0.5, 0.6) is 5.75 Å². The molecular weight excluding hydrogens is 249 g/mol. The molecule has 0 radical (unpaired) electrons. The molecule has 1 aliphatic heterocycles. The van der Waals surface area contributed by atoms with Crippen LogP contribution in [0, 0.1) is 12.8 Å². The number of hydrogen-bond acceptors (Lipinski definition) is 2. The summed E-state index contributed by atoms with van der Waals surface area (Å²) in [6.45, 7) is 1.73. The van der Waals surface area contributed by atoms with Gasteiger partial charge in [0.1, 0.15) is 11.7 Å². The summed E-state index contributed by atoms with van der Waals surface area (Å²) in [4.78, 5) is 10.9. The summed E-state index contributed by atoms with van der Waals surface area (Å²) in [5.74, 6) is -2.97. The van der Waals surface area contributed by atoms with E-state index in [4.69, 9.17) is 9.84 Å². The normalized spacial score (nSPS) is 23.1. The van der Waals surface area contributed by atoms with Crippen molar-refractivity contribution in [2.24, 2.45) is 5.92 Å². The Morgan fingerprint density at radius 1 is 1.44 bits per heavy atom. The molecule has 0 saturated heterocycles.